The van der Waals surface area contributed by atoms with Gasteiger partial charge in [-0.3, -0.25) is 0 Å². The standard InChI is InChI=1S/C52H82O3/c1-3-5-7-9-11-13-15-17-19-21-23-28-36-47(37-29-24-22-20-18-16-14-12-10-8-6-4-2)44-54-45-51(53)46-55-52(48-38-30-25-31-39-48,49-40-32-26-33-41-49)50-42-34-27-35-43-50/h25-27,30-35,38-43,47,51,53H,3-24,28-29,36-37,44-46H2,1-2H3/t51-/m1/s1. The average molecular weight is 755 g/mol. The van der Waals surface area contributed by atoms with E-state index in [2.05, 4.69) is 86.6 Å². The lowest BCUT2D eigenvalue weighted by atomic mass is 9.80. The van der Waals surface area contributed by atoms with E-state index in [1.807, 2.05) is 18.2 Å². The van der Waals surface area contributed by atoms with Crippen LogP contribution < -0.4 is 0 Å². The van der Waals surface area contributed by atoms with Gasteiger partial charge in [0.15, 0.2) is 0 Å². The van der Waals surface area contributed by atoms with Crippen molar-refractivity contribution >= 4 is 0 Å². The Bertz CT molecular complexity index is 1120. The third-order valence-corrected chi connectivity index (χ3v) is 11.6. The van der Waals surface area contributed by atoms with Crippen molar-refractivity contribution in [3.8, 4) is 0 Å². The molecule has 308 valence electrons. The minimum absolute atomic E-state index is 0.181. The highest BCUT2D eigenvalue weighted by molar-refractivity contribution is 5.47. The van der Waals surface area contributed by atoms with Crippen molar-refractivity contribution in [3.63, 3.8) is 0 Å². The van der Waals surface area contributed by atoms with Crippen molar-refractivity contribution in [1.82, 2.24) is 0 Å². The summed E-state index contributed by atoms with van der Waals surface area (Å²) in [5.74, 6) is 0.566. The molecular weight excluding hydrogens is 673 g/mol. The van der Waals surface area contributed by atoms with Crippen LogP contribution in [0.3, 0.4) is 0 Å². The van der Waals surface area contributed by atoms with E-state index in [1.165, 1.54) is 167 Å². The van der Waals surface area contributed by atoms with Gasteiger partial charge >= 0.3 is 0 Å². The van der Waals surface area contributed by atoms with Gasteiger partial charge in [-0.1, -0.05) is 259 Å². The fourth-order valence-electron chi connectivity index (χ4n) is 8.27. The Labute approximate surface area is 339 Å². The molecule has 1 N–H and O–H groups in total. The van der Waals surface area contributed by atoms with Crippen molar-refractivity contribution in [2.45, 2.75) is 192 Å². The number of unbranched alkanes of at least 4 members (excludes halogenated alkanes) is 22. The Morgan fingerprint density at radius 2 is 0.709 bits per heavy atom. The predicted molar refractivity (Wildman–Crippen MR) is 237 cm³/mol. The molecule has 0 bridgehead atoms. The van der Waals surface area contributed by atoms with Gasteiger partial charge in [0.1, 0.15) is 11.7 Å². The highest BCUT2D eigenvalue weighted by Gasteiger charge is 2.38. The van der Waals surface area contributed by atoms with E-state index in [9.17, 15) is 5.11 Å². The van der Waals surface area contributed by atoms with Gasteiger partial charge in [-0.2, -0.15) is 0 Å². The fourth-order valence-corrected chi connectivity index (χ4v) is 8.27. The number of benzene rings is 3. The molecule has 0 unspecified atom stereocenters. The van der Waals surface area contributed by atoms with Gasteiger partial charge in [-0.15, -0.1) is 0 Å². The zero-order chi connectivity index (χ0) is 38.9. The average Bonchev–Trinajstić information content (AvgIpc) is 3.22. The maximum atomic E-state index is 11.3. The Morgan fingerprint density at radius 3 is 1.04 bits per heavy atom. The van der Waals surface area contributed by atoms with Gasteiger partial charge in [-0.05, 0) is 35.4 Å². The van der Waals surface area contributed by atoms with Crippen LogP contribution in [0.4, 0.5) is 0 Å². The highest BCUT2D eigenvalue weighted by Crippen LogP contribution is 2.40. The van der Waals surface area contributed by atoms with E-state index in [-0.39, 0.29) is 6.61 Å². The first-order valence-corrected chi connectivity index (χ1v) is 23.3. The number of hydrogen-bond donors (Lipinski definition) is 1. The molecular formula is C52H82O3. The monoisotopic (exact) mass is 755 g/mol. The molecule has 3 rings (SSSR count). The molecule has 55 heavy (non-hydrogen) atoms. The molecule has 0 amide bonds. The Hall–Kier alpha value is -2.46. The van der Waals surface area contributed by atoms with Gasteiger partial charge in [0.05, 0.1) is 13.2 Å². The van der Waals surface area contributed by atoms with Crippen molar-refractivity contribution in [1.29, 1.82) is 0 Å². The molecule has 0 aliphatic heterocycles. The molecule has 0 saturated heterocycles. The van der Waals surface area contributed by atoms with Crippen molar-refractivity contribution < 1.29 is 14.6 Å². The Morgan fingerprint density at radius 1 is 0.400 bits per heavy atom. The van der Waals surface area contributed by atoms with Gasteiger partial charge in [0, 0.05) is 6.61 Å². The lowest BCUT2D eigenvalue weighted by molar-refractivity contribution is -0.0677. The summed E-state index contributed by atoms with van der Waals surface area (Å²) in [6, 6.07) is 31.2. The summed E-state index contributed by atoms with van der Waals surface area (Å²) >= 11 is 0. The minimum atomic E-state index is -0.837. The third-order valence-electron chi connectivity index (χ3n) is 11.6. The van der Waals surface area contributed by atoms with Gasteiger partial charge in [0.2, 0.25) is 0 Å². The van der Waals surface area contributed by atoms with E-state index in [4.69, 9.17) is 9.47 Å². The van der Waals surface area contributed by atoms with Crippen LogP contribution in [0.15, 0.2) is 91.0 Å². The van der Waals surface area contributed by atoms with Gasteiger partial charge in [-0.25, -0.2) is 0 Å². The summed E-state index contributed by atoms with van der Waals surface area (Å²) in [6.45, 7) is 5.80. The van der Waals surface area contributed by atoms with Crippen molar-refractivity contribution in [2.24, 2.45) is 5.92 Å². The smallest absolute Gasteiger partial charge is 0.143 e. The summed E-state index contributed by atoms with van der Waals surface area (Å²) in [6.07, 6.45) is 35.0. The topological polar surface area (TPSA) is 38.7 Å². The van der Waals surface area contributed by atoms with Crippen LogP contribution in [0.25, 0.3) is 0 Å². The lowest BCUT2D eigenvalue weighted by Crippen LogP contribution is -2.36. The van der Waals surface area contributed by atoms with Crippen molar-refractivity contribution in [3.05, 3.63) is 108 Å². The molecule has 0 fully saturated rings. The second-order valence-corrected chi connectivity index (χ2v) is 16.5. The zero-order valence-electron chi connectivity index (χ0n) is 35.6. The summed E-state index contributed by atoms with van der Waals surface area (Å²) in [5, 5.41) is 11.3. The second kappa shape index (κ2) is 31.6. The molecule has 3 heteroatoms. The third kappa shape index (κ3) is 20.0. The molecule has 0 saturated carbocycles. The summed E-state index contributed by atoms with van der Waals surface area (Å²) < 4.78 is 13.2. The number of rotatable bonds is 36. The first kappa shape index (κ1) is 46.9. The molecule has 0 radical (unpaired) electrons. The Balaban J connectivity index is 1.46. The number of aliphatic hydroxyl groups excluding tert-OH is 1. The normalized spacial score (nSPS) is 12.4. The number of aliphatic hydroxyl groups is 1. The quantitative estimate of drug-likeness (QED) is 0.0475. The number of ether oxygens (including phenoxy) is 2. The minimum Gasteiger partial charge on any atom is -0.388 e. The predicted octanol–water partition coefficient (Wildman–Crippen LogP) is 15.2. The molecule has 3 aromatic rings. The van der Waals surface area contributed by atoms with E-state index in [0.29, 0.717) is 12.5 Å². The van der Waals surface area contributed by atoms with Crippen molar-refractivity contribution in [2.75, 3.05) is 19.8 Å². The lowest BCUT2D eigenvalue weighted by Gasteiger charge is -2.36. The van der Waals surface area contributed by atoms with Crippen LogP contribution in [-0.4, -0.2) is 31.0 Å². The van der Waals surface area contributed by atoms with E-state index >= 15 is 0 Å². The largest absolute Gasteiger partial charge is 0.388 e. The molecule has 0 aliphatic carbocycles. The first-order chi connectivity index (χ1) is 27.2. The maximum absolute atomic E-state index is 11.3. The molecule has 0 heterocycles. The zero-order valence-corrected chi connectivity index (χ0v) is 35.6. The van der Waals surface area contributed by atoms with Crippen LogP contribution in [0.2, 0.25) is 0 Å². The van der Waals surface area contributed by atoms with Gasteiger partial charge in [0.25, 0.3) is 0 Å². The molecule has 1 atom stereocenters. The number of hydrogen-bond acceptors (Lipinski definition) is 3. The molecule has 3 nitrogen and oxygen atoms in total. The SMILES string of the molecule is CCCCCCCCCCCCCCC(CCCCCCCCCCCCCC)COC[C@@H](O)COC(c1ccccc1)(c1ccccc1)c1ccccc1. The Kier molecular flexibility index (Phi) is 27.0. The van der Waals surface area contributed by atoms with Crippen LogP contribution in [0.1, 0.15) is 197 Å². The van der Waals surface area contributed by atoms with E-state index in [0.717, 1.165) is 23.3 Å². The highest BCUT2D eigenvalue weighted by atomic mass is 16.5. The maximum Gasteiger partial charge on any atom is 0.143 e. The summed E-state index contributed by atoms with van der Waals surface area (Å²) in [7, 11) is 0. The van der Waals surface area contributed by atoms with Crippen LogP contribution >= 0.6 is 0 Å². The second-order valence-electron chi connectivity index (χ2n) is 16.5. The molecule has 3 aromatic carbocycles. The first-order valence-electron chi connectivity index (χ1n) is 23.3. The molecule has 0 aliphatic rings. The van der Waals surface area contributed by atoms with E-state index < -0.39 is 11.7 Å². The fraction of sp³-hybridized carbons (Fsp3) is 0.654. The van der Waals surface area contributed by atoms with E-state index in [1.54, 1.807) is 0 Å². The summed E-state index contributed by atoms with van der Waals surface area (Å²) in [5.41, 5.74) is 2.30. The van der Waals surface area contributed by atoms with Crippen LogP contribution in [-0.2, 0) is 15.1 Å². The summed E-state index contributed by atoms with van der Waals surface area (Å²) in [4.78, 5) is 0. The van der Waals surface area contributed by atoms with Gasteiger partial charge < -0.3 is 14.6 Å². The molecule has 0 spiro atoms. The van der Waals surface area contributed by atoms with Crippen LogP contribution in [0.5, 0.6) is 0 Å². The van der Waals surface area contributed by atoms with Crippen LogP contribution in [0, 0.1) is 5.92 Å². The molecule has 0 aromatic heterocycles.